The number of hydrogen-bond acceptors (Lipinski definition) is 7. The van der Waals surface area contributed by atoms with Gasteiger partial charge in [-0.15, -0.1) is 0 Å². The van der Waals surface area contributed by atoms with E-state index in [1.165, 1.54) is 27.5 Å². The van der Waals surface area contributed by atoms with E-state index in [1.54, 1.807) is 12.1 Å². The van der Waals surface area contributed by atoms with Gasteiger partial charge in [0.15, 0.2) is 11.5 Å². The quantitative estimate of drug-likeness (QED) is 0.483. The molecule has 0 spiro atoms. The number of hydrogen-bond donors (Lipinski definition) is 3. The van der Waals surface area contributed by atoms with E-state index in [0.717, 1.165) is 0 Å². The lowest BCUT2D eigenvalue weighted by Gasteiger charge is -2.13. The summed E-state index contributed by atoms with van der Waals surface area (Å²) in [6, 6.07) is 3.41. The topological polar surface area (TPSA) is 110 Å². The van der Waals surface area contributed by atoms with Crippen LogP contribution in [-0.4, -0.2) is 39.4 Å². The first-order valence-corrected chi connectivity index (χ1v) is 7.37. The third-order valence-corrected chi connectivity index (χ3v) is 3.60. The molecule has 1 aromatic carbocycles. The molecule has 9 nitrogen and oxygen atoms in total. The summed E-state index contributed by atoms with van der Waals surface area (Å²) in [7, 11) is 4.51. The first kappa shape index (κ1) is 18.1. The van der Waals surface area contributed by atoms with Crippen LogP contribution < -0.4 is 30.5 Å². The lowest BCUT2D eigenvalue weighted by molar-refractivity contribution is -0.127. The molecule has 1 saturated heterocycles. The average Bonchev–Trinajstić information content (AvgIpc) is 2.92. The van der Waals surface area contributed by atoms with Crippen molar-refractivity contribution in [2.45, 2.75) is 6.42 Å². The Morgan fingerprint density at radius 2 is 1.96 bits per heavy atom. The summed E-state index contributed by atoms with van der Waals surface area (Å²) < 4.78 is 15.8. The van der Waals surface area contributed by atoms with Crippen molar-refractivity contribution < 1.29 is 23.8 Å². The second kappa shape index (κ2) is 8.04. The lowest BCUT2D eigenvalue weighted by atomic mass is 10.0. The van der Waals surface area contributed by atoms with Crippen LogP contribution in [0.4, 0.5) is 0 Å². The van der Waals surface area contributed by atoms with Crippen LogP contribution in [0.5, 0.6) is 17.2 Å². The van der Waals surface area contributed by atoms with Gasteiger partial charge in [-0.25, -0.2) is 5.43 Å². The van der Waals surface area contributed by atoms with Gasteiger partial charge in [-0.05, 0) is 12.1 Å². The molecule has 1 unspecified atom stereocenters. The molecule has 1 aliphatic rings. The number of hydrazone groups is 1. The van der Waals surface area contributed by atoms with Crippen LogP contribution in [0.15, 0.2) is 29.5 Å². The van der Waals surface area contributed by atoms with Crippen LogP contribution in [-0.2, 0) is 9.59 Å². The van der Waals surface area contributed by atoms with Gasteiger partial charge in [0.1, 0.15) is 0 Å². The van der Waals surface area contributed by atoms with Gasteiger partial charge in [-0.1, -0.05) is 6.58 Å². The van der Waals surface area contributed by atoms with Crippen molar-refractivity contribution in [3.8, 4) is 17.2 Å². The number of rotatable bonds is 7. The number of amides is 2. The molecule has 0 bridgehead atoms. The molecule has 9 heteroatoms. The fourth-order valence-electron chi connectivity index (χ4n) is 2.32. The second-order valence-corrected chi connectivity index (χ2v) is 5.11. The summed E-state index contributed by atoms with van der Waals surface area (Å²) in [6.07, 6.45) is 1.36. The van der Waals surface area contributed by atoms with E-state index in [0.29, 0.717) is 28.5 Å². The van der Waals surface area contributed by atoms with E-state index in [1.807, 2.05) is 0 Å². The fourth-order valence-corrected chi connectivity index (χ4v) is 2.32. The zero-order valence-electron chi connectivity index (χ0n) is 14.2. The van der Waals surface area contributed by atoms with Gasteiger partial charge in [-0.2, -0.15) is 5.10 Å². The molecule has 1 aromatic rings. The highest BCUT2D eigenvalue weighted by Gasteiger charge is 2.30. The number of methoxy groups -OCH3 is 3. The predicted octanol–water partition coefficient (Wildman–Crippen LogP) is 0.317. The molecule has 1 atom stereocenters. The fraction of sp³-hybridized carbons (Fsp3) is 0.312. The van der Waals surface area contributed by atoms with Gasteiger partial charge < -0.3 is 19.6 Å². The van der Waals surface area contributed by atoms with Crippen LogP contribution in [0.3, 0.4) is 0 Å². The molecule has 2 rings (SSSR count). The number of ether oxygens (including phenoxy) is 3. The summed E-state index contributed by atoms with van der Waals surface area (Å²) >= 11 is 0. The molecule has 0 aliphatic carbocycles. The SMILES string of the molecule is C=C1NNC(=O)C1CC(=O)NN=Cc1ccc(OC)c(OC)c1OC. The number of nitrogens with zero attached hydrogens (tertiary/aromatic N) is 1. The van der Waals surface area contributed by atoms with Crippen molar-refractivity contribution in [3.63, 3.8) is 0 Å². The third-order valence-electron chi connectivity index (χ3n) is 3.60. The lowest BCUT2D eigenvalue weighted by Crippen LogP contribution is -2.27. The van der Waals surface area contributed by atoms with Crippen molar-refractivity contribution in [3.05, 3.63) is 30.0 Å². The van der Waals surface area contributed by atoms with Crippen LogP contribution in [0, 0.1) is 5.92 Å². The minimum absolute atomic E-state index is 0.0575. The van der Waals surface area contributed by atoms with E-state index < -0.39 is 11.8 Å². The number of carbonyl (C=O) groups is 2. The highest BCUT2D eigenvalue weighted by molar-refractivity contribution is 5.90. The van der Waals surface area contributed by atoms with Crippen LogP contribution in [0.2, 0.25) is 0 Å². The molecule has 0 aromatic heterocycles. The minimum Gasteiger partial charge on any atom is -0.493 e. The van der Waals surface area contributed by atoms with Crippen LogP contribution in [0.25, 0.3) is 0 Å². The normalized spacial score (nSPS) is 16.4. The van der Waals surface area contributed by atoms with Crippen molar-refractivity contribution >= 4 is 18.0 Å². The molecule has 1 aliphatic heterocycles. The van der Waals surface area contributed by atoms with E-state index in [-0.39, 0.29) is 12.3 Å². The molecule has 1 fully saturated rings. The molecular weight excluding hydrogens is 328 g/mol. The maximum Gasteiger partial charge on any atom is 0.247 e. The summed E-state index contributed by atoms with van der Waals surface area (Å²) in [4.78, 5) is 23.4. The molecule has 134 valence electrons. The second-order valence-electron chi connectivity index (χ2n) is 5.11. The van der Waals surface area contributed by atoms with E-state index in [2.05, 4.69) is 28.0 Å². The Hall–Kier alpha value is -3.23. The number of nitrogens with one attached hydrogen (secondary N) is 3. The summed E-state index contributed by atoms with van der Waals surface area (Å²) in [5, 5.41) is 3.89. The van der Waals surface area contributed by atoms with Crippen LogP contribution >= 0.6 is 0 Å². The van der Waals surface area contributed by atoms with Crippen molar-refractivity contribution in [1.29, 1.82) is 0 Å². The third kappa shape index (κ3) is 4.00. The maximum absolute atomic E-state index is 11.9. The van der Waals surface area contributed by atoms with E-state index >= 15 is 0 Å². The number of carbonyl (C=O) groups excluding carboxylic acids is 2. The molecule has 0 radical (unpaired) electrons. The summed E-state index contributed by atoms with van der Waals surface area (Å²) in [6.45, 7) is 3.67. The number of hydrazine groups is 1. The summed E-state index contributed by atoms with van der Waals surface area (Å²) in [5.74, 6) is 0.0221. The van der Waals surface area contributed by atoms with Gasteiger partial charge in [-0.3, -0.25) is 15.0 Å². The zero-order valence-corrected chi connectivity index (χ0v) is 14.2. The van der Waals surface area contributed by atoms with Crippen LogP contribution in [0.1, 0.15) is 12.0 Å². The van der Waals surface area contributed by atoms with Gasteiger partial charge in [0, 0.05) is 17.7 Å². The minimum atomic E-state index is -0.620. The number of benzene rings is 1. The predicted molar refractivity (Wildman–Crippen MR) is 90.4 cm³/mol. The molecule has 0 saturated carbocycles. The Kier molecular flexibility index (Phi) is 5.83. The van der Waals surface area contributed by atoms with Crippen molar-refractivity contribution in [1.82, 2.24) is 16.3 Å². The molecule has 25 heavy (non-hydrogen) atoms. The van der Waals surface area contributed by atoms with Gasteiger partial charge in [0.05, 0.1) is 33.5 Å². The van der Waals surface area contributed by atoms with Crippen molar-refractivity contribution in [2.24, 2.45) is 11.0 Å². The Morgan fingerprint density at radius 1 is 1.24 bits per heavy atom. The van der Waals surface area contributed by atoms with Gasteiger partial charge in [0.2, 0.25) is 17.6 Å². The Bertz CT molecular complexity index is 701. The average molecular weight is 348 g/mol. The van der Waals surface area contributed by atoms with E-state index in [4.69, 9.17) is 14.2 Å². The maximum atomic E-state index is 11.9. The molecule has 3 N–H and O–H groups in total. The summed E-state index contributed by atoms with van der Waals surface area (Å²) in [5.41, 5.74) is 8.39. The van der Waals surface area contributed by atoms with Gasteiger partial charge in [0.25, 0.3) is 0 Å². The molecular formula is C16H20N4O5. The first-order chi connectivity index (χ1) is 12.0. The van der Waals surface area contributed by atoms with Gasteiger partial charge >= 0.3 is 0 Å². The Labute approximate surface area is 145 Å². The van der Waals surface area contributed by atoms with Crippen molar-refractivity contribution in [2.75, 3.05) is 21.3 Å². The zero-order chi connectivity index (χ0) is 18.4. The van der Waals surface area contributed by atoms with E-state index in [9.17, 15) is 9.59 Å². The molecule has 2 amide bonds. The Morgan fingerprint density at radius 3 is 2.52 bits per heavy atom. The molecule has 1 heterocycles. The highest BCUT2D eigenvalue weighted by atomic mass is 16.5. The highest BCUT2D eigenvalue weighted by Crippen LogP contribution is 2.38. The monoisotopic (exact) mass is 348 g/mol. The standard InChI is InChI=1S/C16H20N4O5/c1-9-11(16(22)20-18-9)7-13(21)19-17-8-10-5-6-12(23-2)15(25-4)14(10)24-3/h5-6,8,11,18H,1,7H2,2-4H3,(H,19,21)(H,20,22). The smallest absolute Gasteiger partial charge is 0.247 e. The largest absolute Gasteiger partial charge is 0.493 e. The Balaban J connectivity index is 2.05. The first-order valence-electron chi connectivity index (χ1n) is 7.37.